The molecule has 1 aromatic carbocycles. The Morgan fingerprint density at radius 3 is 2.32 bits per heavy atom. The third kappa shape index (κ3) is 7.11. The zero-order valence-corrected chi connectivity index (χ0v) is 13.7. The molecule has 0 saturated carbocycles. The quantitative estimate of drug-likeness (QED) is 0.811. The Morgan fingerprint density at radius 2 is 1.82 bits per heavy atom. The van der Waals surface area contributed by atoms with Crippen LogP contribution in [-0.2, 0) is 9.59 Å². The lowest BCUT2D eigenvalue weighted by Crippen LogP contribution is -2.27. The number of hydrogen-bond donors (Lipinski definition) is 2. The number of hydrogen-bond acceptors (Lipinski definition) is 3. The van der Waals surface area contributed by atoms with E-state index in [0.717, 1.165) is 12.0 Å². The van der Waals surface area contributed by atoms with Crippen molar-refractivity contribution in [2.45, 2.75) is 46.6 Å². The first-order valence-electron chi connectivity index (χ1n) is 7.41. The van der Waals surface area contributed by atoms with E-state index in [1.807, 2.05) is 19.1 Å². The van der Waals surface area contributed by atoms with E-state index in [9.17, 15) is 9.59 Å². The Hall–Kier alpha value is -2.04. The minimum Gasteiger partial charge on any atom is -0.482 e. The number of aliphatic carboxylic acids is 1. The second-order valence-electron chi connectivity index (χ2n) is 6.60. The maximum atomic E-state index is 11.9. The van der Waals surface area contributed by atoms with Crippen LogP contribution in [0.25, 0.3) is 0 Å². The van der Waals surface area contributed by atoms with Crippen LogP contribution in [-0.4, -0.2) is 23.6 Å². The molecular formula is C17H25NO4. The molecule has 0 aromatic heterocycles. The van der Waals surface area contributed by atoms with Crippen LogP contribution in [0.15, 0.2) is 24.3 Å². The summed E-state index contributed by atoms with van der Waals surface area (Å²) in [5, 5.41) is 11.5. The smallest absolute Gasteiger partial charge is 0.341 e. The van der Waals surface area contributed by atoms with E-state index < -0.39 is 5.97 Å². The van der Waals surface area contributed by atoms with Crippen molar-refractivity contribution in [3.05, 3.63) is 29.8 Å². The summed E-state index contributed by atoms with van der Waals surface area (Å²) in [6.45, 7) is 7.89. The van der Waals surface area contributed by atoms with Gasteiger partial charge in [-0.3, -0.25) is 4.79 Å². The Bertz CT molecular complexity index is 502. The monoisotopic (exact) mass is 307 g/mol. The van der Waals surface area contributed by atoms with Crippen molar-refractivity contribution < 1.29 is 19.4 Å². The highest BCUT2D eigenvalue weighted by Crippen LogP contribution is 2.21. The molecule has 0 aliphatic carbocycles. The highest BCUT2D eigenvalue weighted by molar-refractivity contribution is 5.76. The molecule has 2 N–H and O–H groups in total. The van der Waals surface area contributed by atoms with Gasteiger partial charge in [0.15, 0.2) is 6.61 Å². The molecule has 122 valence electrons. The Kier molecular flexibility index (Phi) is 6.40. The zero-order valence-electron chi connectivity index (χ0n) is 13.7. The van der Waals surface area contributed by atoms with E-state index in [1.165, 1.54) is 0 Å². The maximum Gasteiger partial charge on any atom is 0.341 e. The molecule has 0 aliphatic heterocycles. The lowest BCUT2D eigenvalue weighted by Gasteiger charge is -2.19. The topological polar surface area (TPSA) is 75.6 Å². The molecule has 5 heteroatoms. The van der Waals surface area contributed by atoms with Crippen molar-refractivity contribution >= 4 is 11.9 Å². The SMILES string of the molecule is CC(NC(=O)CCC(C)(C)C)c1ccc(OCC(=O)O)cc1. The van der Waals surface area contributed by atoms with Gasteiger partial charge in [0.1, 0.15) is 5.75 Å². The molecule has 1 amide bonds. The van der Waals surface area contributed by atoms with Crippen LogP contribution in [0.5, 0.6) is 5.75 Å². The largest absolute Gasteiger partial charge is 0.482 e. The summed E-state index contributed by atoms with van der Waals surface area (Å²) in [5.74, 6) is -0.477. The van der Waals surface area contributed by atoms with E-state index in [4.69, 9.17) is 9.84 Å². The van der Waals surface area contributed by atoms with Gasteiger partial charge in [-0.1, -0.05) is 32.9 Å². The molecule has 0 saturated heterocycles. The van der Waals surface area contributed by atoms with Gasteiger partial charge in [-0.2, -0.15) is 0 Å². The molecule has 0 radical (unpaired) electrons. The van der Waals surface area contributed by atoms with Crippen molar-refractivity contribution in [2.24, 2.45) is 5.41 Å². The Morgan fingerprint density at radius 1 is 1.23 bits per heavy atom. The van der Waals surface area contributed by atoms with Gasteiger partial charge in [0.05, 0.1) is 6.04 Å². The molecule has 1 atom stereocenters. The molecule has 22 heavy (non-hydrogen) atoms. The van der Waals surface area contributed by atoms with Gasteiger partial charge in [0.2, 0.25) is 5.91 Å². The average Bonchev–Trinajstić information content (AvgIpc) is 2.42. The first-order chi connectivity index (χ1) is 10.2. The van der Waals surface area contributed by atoms with E-state index in [0.29, 0.717) is 12.2 Å². The van der Waals surface area contributed by atoms with Gasteiger partial charge in [0.25, 0.3) is 0 Å². The second-order valence-corrected chi connectivity index (χ2v) is 6.60. The van der Waals surface area contributed by atoms with Crippen LogP contribution in [0.1, 0.15) is 52.1 Å². The zero-order chi connectivity index (χ0) is 16.8. The van der Waals surface area contributed by atoms with E-state index in [-0.39, 0.29) is 24.0 Å². The van der Waals surface area contributed by atoms with Crippen LogP contribution in [0.2, 0.25) is 0 Å². The van der Waals surface area contributed by atoms with Crippen LogP contribution < -0.4 is 10.1 Å². The number of carbonyl (C=O) groups is 2. The molecule has 0 spiro atoms. The lowest BCUT2D eigenvalue weighted by molar-refractivity contribution is -0.139. The predicted octanol–water partition coefficient (Wildman–Crippen LogP) is 3.15. The minimum atomic E-state index is -1.01. The molecule has 0 aliphatic rings. The summed E-state index contributed by atoms with van der Waals surface area (Å²) >= 11 is 0. The molecule has 0 bridgehead atoms. The molecule has 1 unspecified atom stereocenters. The fourth-order valence-corrected chi connectivity index (χ4v) is 1.88. The molecule has 5 nitrogen and oxygen atoms in total. The van der Waals surface area contributed by atoms with Gasteiger partial charge < -0.3 is 15.2 Å². The highest BCUT2D eigenvalue weighted by Gasteiger charge is 2.15. The fourth-order valence-electron chi connectivity index (χ4n) is 1.88. The number of carboxylic acid groups (broad SMARTS) is 1. The number of ether oxygens (including phenoxy) is 1. The molecule has 1 rings (SSSR count). The van der Waals surface area contributed by atoms with Gasteiger partial charge in [-0.25, -0.2) is 4.79 Å². The van der Waals surface area contributed by atoms with Crippen LogP contribution in [0.4, 0.5) is 0 Å². The number of benzene rings is 1. The van der Waals surface area contributed by atoms with E-state index in [1.54, 1.807) is 12.1 Å². The van der Waals surface area contributed by atoms with Crippen molar-refractivity contribution in [1.82, 2.24) is 5.32 Å². The predicted molar refractivity (Wildman–Crippen MR) is 84.8 cm³/mol. The number of nitrogens with one attached hydrogen (secondary N) is 1. The highest BCUT2D eigenvalue weighted by atomic mass is 16.5. The normalized spacial score (nSPS) is 12.5. The summed E-state index contributed by atoms with van der Waals surface area (Å²) in [7, 11) is 0. The standard InChI is InChI=1S/C17H25NO4/c1-12(18-15(19)9-10-17(2,3)4)13-5-7-14(8-6-13)22-11-16(20)21/h5-8,12H,9-11H2,1-4H3,(H,18,19)(H,20,21). The number of rotatable bonds is 7. The Balaban J connectivity index is 2.49. The van der Waals surface area contributed by atoms with Gasteiger partial charge in [0, 0.05) is 6.42 Å². The summed E-state index contributed by atoms with van der Waals surface area (Å²) in [6.07, 6.45) is 1.35. The maximum absolute atomic E-state index is 11.9. The molecule has 0 heterocycles. The first kappa shape index (κ1) is 18.0. The third-order valence-electron chi connectivity index (χ3n) is 3.22. The van der Waals surface area contributed by atoms with E-state index >= 15 is 0 Å². The van der Waals surface area contributed by atoms with Crippen molar-refractivity contribution in [3.8, 4) is 5.75 Å². The van der Waals surface area contributed by atoms with Gasteiger partial charge in [-0.05, 0) is 36.5 Å². The van der Waals surface area contributed by atoms with Crippen LogP contribution in [0, 0.1) is 5.41 Å². The number of amides is 1. The van der Waals surface area contributed by atoms with Crippen molar-refractivity contribution in [2.75, 3.05) is 6.61 Å². The van der Waals surface area contributed by atoms with Gasteiger partial charge >= 0.3 is 5.97 Å². The Labute approximate surface area is 131 Å². The second kappa shape index (κ2) is 7.82. The molecule has 0 fully saturated rings. The lowest BCUT2D eigenvalue weighted by atomic mass is 9.90. The van der Waals surface area contributed by atoms with Gasteiger partial charge in [-0.15, -0.1) is 0 Å². The fraction of sp³-hybridized carbons (Fsp3) is 0.529. The summed E-state index contributed by atoms with van der Waals surface area (Å²) in [6, 6.07) is 6.96. The third-order valence-corrected chi connectivity index (χ3v) is 3.22. The summed E-state index contributed by atoms with van der Waals surface area (Å²) < 4.78 is 5.07. The summed E-state index contributed by atoms with van der Waals surface area (Å²) in [4.78, 5) is 22.3. The van der Waals surface area contributed by atoms with Crippen LogP contribution in [0.3, 0.4) is 0 Å². The first-order valence-corrected chi connectivity index (χ1v) is 7.41. The average molecular weight is 307 g/mol. The van der Waals surface area contributed by atoms with Crippen LogP contribution >= 0.6 is 0 Å². The number of carboxylic acids is 1. The van der Waals surface area contributed by atoms with Crippen molar-refractivity contribution in [1.29, 1.82) is 0 Å². The number of carbonyl (C=O) groups excluding carboxylic acids is 1. The summed E-state index contributed by atoms with van der Waals surface area (Å²) in [5.41, 5.74) is 1.09. The molecule has 1 aromatic rings. The van der Waals surface area contributed by atoms with E-state index in [2.05, 4.69) is 26.1 Å². The molecular weight excluding hydrogens is 282 g/mol. The van der Waals surface area contributed by atoms with Crippen molar-refractivity contribution in [3.63, 3.8) is 0 Å². The minimum absolute atomic E-state index is 0.0358.